The first-order valence-electron chi connectivity index (χ1n) is 8.09. The van der Waals surface area contributed by atoms with E-state index in [9.17, 15) is 14.0 Å². The molecule has 2 aliphatic heterocycles. The molecule has 3 rings (SSSR count). The van der Waals surface area contributed by atoms with Gasteiger partial charge in [0.1, 0.15) is 17.4 Å². The summed E-state index contributed by atoms with van der Waals surface area (Å²) in [6.07, 6.45) is 0.555. The number of nitrogens with two attached hydrogens (primary N) is 1. The molecule has 1 atom stereocenters. The van der Waals surface area contributed by atoms with Crippen molar-refractivity contribution in [2.75, 3.05) is 39.4 Å². The number of carbonyl (C=O) groups is 2. The van der Waals surface area contributed by atoms with E-state index in [2.05, 4.69) is 0 Å². The Morgan fingerprint density at radius 2 is 2.00 bits per heavy atom. The van der Waals surface area contributed by atoms with Crippen LogP contribution in [0.1, 0.15) is 22.3 Å². The second-order valence-electron chi connectivity index (χ2n) is 6.28. The summed E-state index contributed by atoms with van der Waals surface area (Å²) >= 11 is 0. The summed E-state index contributed by atoms with van der Waals surface area (Å²) < 4.78 is 18.8. The van der Waals surface area contributed by atoms with Crippen LogP contribution in [0.4, 0.5) is 4.39 Å². The Labute approximate surface area is 144 Å². The van der Waals surface area contributed by atoms with Gasteiger partial charge >= 0.3 is 0 Å². The second kappa shape index (κ2) is 6.78. The normalized spacial score (nSPS) is 24.1. The van der Waals surface area contributed by atoms with Gasteiger partial charge in [0.2, 0.25) is 5.91 Å². The minimum Gasteiger partial charge on any atom is -0.379 e. The van der Waals surface area contributed by atoms with Gasteiger partial charge in [-0.05, 0) is 18.2 Å². The first-order chi connectivity index (χ1) is 12.0. The van der Waals surface area contributed by atoms with Gasteiger partial charge in [-0.1, -0.05) is 0 Å². The van der Waals surface area contributed by atoms with Crippen LogP contribution < -0.4 is 5.73 Å². The quantitative estimate of drug-likeness (QED) is 0.837. The number of benzene rings is 1. The molecule has 7 nitrogen and oxygen atoms in total. The summed E-state index contributed by atoms with van der Waals surface area (Å²) in [6, 6.07) is 5.50. The van der Waals surface area contributed by atoms with E-state index < -0.39 is 17.3 Å². The third-order valence-electron chi connectivity index (χ3n) is 4.97. The molecule has 0 aliphatic carbocycles. The molecule has 8 heteroatoms. The highest BCUT2D eigenvalue weighted by molar-refractivity contribution is 5.94. The van der Waals surface area contributed by atoms with Crippen LogP contribution >= 0.6 is 0 Å². The lowest BCUT2D eigenvalue weighted by Gasteiger charge is -2.43. The van der Waals surface area contributed by atoms with Gasteiger partial charge in [0.15, 0.2) is 0 Å². The van der Waals surface area contributed by atoms with Gasteiger partial charge in [-0.2, -0.15) is 5.26 Å². The van der Waals surface area contributed by atoms with Crippen LogP contribution in [0.3, 0.4) is 0 Å². The minimum absolute atomic E-state index is 0.153. The average molecular weight is 346 g/mol. The maximum Gasteiger partial charge on any atom is 0.253 e. The van der Waals surface area contributed by atoms with Crippen molar-refractivity contribution in [3.63, 3.8) is 0 Å². The van der Waals surface area contributed by atoms with Crippen molar-refractivity contribution in [2.24, 2.45) is 5.73 Å². The maximum atomic E-state index is 13.4. The van der Waals surface area contributed by atoms with Crippen molar-refractivity contribution in [3.8, 4) is 6.07 Å². The Bertz CT molecular complexity index is 732. The van der Waals surface area contributed by atoms with Crippen molar-refractivity contribution < 1.29 is 18.7 Å². The van der Waals surface area contributed by atoms with Gasteiger partial charge < -0.3 is 15.4 Å². The molecule has 0 bridgehead atoms. The number of nitrogens with zero attached hydrogens (tertiary/aromatic N) is 3. The van der Waals surface area contributed by atoms with Crippen LogP contribution in [0, 0.1) is 17.1 Å². The topological polar surface area (TPSA) is 99.7 Å². The lowest BCUT2D eigenvalue weighted by atomic mass is 9.94. The molecule has 0 saturated carbocycles. The van der Waals surface area contributed by atoms with Gasteiger partial charge in [-0.3, -0.25) is 14.5 Å². The summed E-state index contributed by atoms with van der Waals surface area (Å²) in [5.41, 5.74) is 4.92. The summed E-state index contributed by atoms with van der Waals surface area (Å²) in [5.74, 6) is -1.30. The van der Waals surface area contributed by atoms with Crippen molar-refractivity contribution >= 4 is 11.8 Å². The Morgan fingerprint density at radius 1 is 1.28 bits per heavy atom. The molecule has 2 amide bonds. The van der Waals surface area contributed by atoms with E-state index in [1.165, 1.54) is 12.1 Å². The fourth-order valence-electron chi connectivity index (χ4n) is 3.42. The fraction of sp³-hybridized carbons (Fsp3) is 0.471. The van der Waals surface area contributed by atoms with Crippen LogP contribution in [0.2, 0.25) is 0 Å². The molecule has 2 N–H and O–H groups in total. The average Bonchev–Trinajstić information content (AvgIpc) is 3.13. The van der Waals surface area contributed by atoms with Crippen molar-refractivity contribution in [2.45, 2.75) is 12.0 Å². The molecule has 1 unspecified atom stereocenters. The third-order valence-corrected chi connectivity index (χ3v) is 4.97. The smallest absolute Gasteiger partial charge is 0.253 e. The number of halogens is 1. The summed E-state index contributed by atoms with van der Waals surface area (Å²) in [7, 11) is 0. The number of hydrogen-bond acceptors (Lipinski definition) is 5. The largest absolute Gasteiger partial charge is 0.379 e. The van der Waals surface area contributed by atoms with E-state index in [-0.39, 0.29) is 23.6 Å². The van der Waals surface area contributed by atoms with E-state index in [4.69, 9.17) is 15.7 Å². The van der Waals surface area contributed by atoms with Crippen LogP contribution in [-0.2, 0) is 9.53 Å². The van der Waals surface area contributed by atoms with E-state index in [1.54, 1.807) is 11.0 Å². The van der Waals surface area contributed by atoms with Crippen LogP contribution in [0.5, 0.6) is 0 Å². The summed E-state index contributed by atoms with van der Waals surface area (Å²) in [5, 5.41) is 8.89. The Balaban J connectivity index is 1.69. The predicted molar refractivity (Wildman–Crippen MR) is 86.0 cm³/mol. The highest BCUT2D eigenvalue weighted by atomic mass is 19.1. The number of amides is 2. The minimum atomic E-state index is -0.793. The number of rotatable bonds is 3. The lowest BCUT2D eigenvalue weighted by Crippen LogP contribution is -2.63. The molecule has 0 spiro atoms. The number of nitriles is 1. The lowest BCUT2D eigenvalue weighted by molar-refractivity contribution is -0.131. The van der Waals surface area contributed by atoms with Crippen LogP contribution in [-0.4, -0.2) is 66.5 Å². The SMILES string of the molecule is N#Cc1cc(C(=O)N2CCN(C3(C(N)=O)CCOC3)CC2)ccc1F. The van der Waals surface area contributed by atoms with E-state index in [1.807, 2.05) is 4.90 Å². The van der Waals surface area contributed by atoms with Gasteiger partial charge in [-0.25, -0.2) is 4.39 Å². The Morgan fingerprint density at radius 3 is 2.56 bits per heavy atom. The fourth-order valence-corrected chi connectivity index (χ4v) is 3.42. The molecule has 2 fully saturated rings. The number of carbonyl (C=O) groups excluding carboxylic acids is 2. The zero-order chi connectivity index (χ0) is 18.0. The molecule has 0 radical (unpaired) electrons. The zero-order valence-corrected chi connectivity index (χ0v) is 13.7. The van der Waals surface area contributed by atoms with Crippen molar-refractivity contribution in [1.29, 1.82) is 5.26 Å². The molecular formula is C17H19FN4O3. The molecule has 2 heterocycles. The molecule has 2 saturated heterocycles. The number of hydrogen-bond donors (Lipinski definition) is 1. The highest BCUT2D eigenvalue weighted by Gasteiger charge is 2.47. The van der Waals surface area contributed by atoms with Gasteiger partial charge in [0.05, 0.1) is 12.2 Å². The van der Waals surface area contributed by atoms with Crippen molar-refractivity contribution in [3.05, 3.63) is 35.1 Å². The zero-order valence-electron chi connectivity index (χ0n) is 13.7. The molecule has 1 aromatic rings. The van der Waals surface area contributed by atoms with Crippen molar-refractivity contribution in [1.82, 2.24) is 9.80 Å². The van der Waals surface area contributed by atoms with Gasteiger partial charge in [0.25, 0.3) is 5.91 Å². The monoisotopic (exact) mass is 346 g/mol. The predicted octanol–water partition coefficient (Wildman–Crippen LogP) is 0.0996. The molecule has 2 aliphatic rings. The van der Waals surface area contributed by atoms with E-state index in [0.29, 0.717) is 39.2 Å². The molecule has 1 aromatic carbocycles. The second-order valence-corrected chi connectivity index (χ2v) is 6.28. The first-order valence-corrected chi connectivity index (χ1v) is 8.09. The van der Waals surface area contributed by atoms with E-state index in [0.717, 1.165) is 6.07 Å². The van der Waals surface area contributed by atoms with Gasteiger partial charge in [-0.15, -0.1) is 0 Å². The number of ether oxygens (including phenoxy) is 1. The highest BCUT2D eigenvalue weighted by Crippen LogP contribution is 2.27. The Kier molecular flexibility index (Phi) is 4.70. The first kappa shape index (κ1) is 17.3. The molecular weight excluding hydrogens is 327 g/mol. The summed E-state index contributed by atoms with van der Waals surface area (Å²) in [4.78, 5) is 28.1. The standard InChI is InChI=1S/C17H19FN4O3/c18-14-2-1-12(9-13(14)10-19)15(23)21-4-6-22(7-5-21)17(16(20)24)3-8-25-11-17/h1-2,9H,3-8,11H2,(H2,20,24). The number of piperazine rings is 1. The summed E-state index contributed by atoms with van der Waals surface area (Å²) in [6.45, 7) is 2.63. The molecule has 25 heavy (non-hydrogen) atoms. The Hall–Kier alpha value is -2.50. The molecule has 132 valence electrons. The van der Waals surface area contributed by atoms with Crippen LogP contribution in [0.15, 0.2) is 18.2 Å². The van der Waals surface area contributed by atoms with E-state index >= 15 is 0 Å². The van der Waals surface area contributed by atoms with Gasteiger partial charge in [0, 0.05) is 44.8 Å². The maximum absolute atomic E-state index is 13.4. The number of primary amides is 1. The third kappa shape index (κ3) is 3.08. The molecule has 0 aromatic heterocycles. The van der Waals surface area contributed by atoms with Crippen LogP contribution in [0.25, 0.3) is 0 Å².